The van der Waals surface area contributed by atoms with Crippen molar-refractivity contribution in [3.63, 3.8) is 0 Å². The fourth-order valence-electron chi connectivity index (χ4n) is 2.10. The summed E-state index contributed by atoms with van der Waals surface area (Å²) in [6.45, 7) is 6.33. The van der Waals surface area contributed by atoms with Crippen molar-refractivity contribution in [2.24, 2.45) is 0 Å². The number of rotatable bonds is 5. The third-order valence-corrected chi connectivity index (χ3v) is 4.13. The van der Waals surface area contributed by atoms with Gasteiger partial charge < -0.3 is 10.1 Å². The Labute approximate surface area is 121 Å². The smallest absolute Gasteiger partial charge is 0.147 e. The summed E-state index contributed by atoms with van der Waals surface area (Å²) in [6.07, 6.45) is 0. The summed E-state index contributed by atoms with van der Waals surface area (Å²) in [4.78, 5) is 0. The standard InChI is InChI=1S/C13H18BrClFNO/c1-5-18-13(2,3)12(17-4)8-6-7-9(14)10(15)11(8)16/h6-7,12,17H,5H2,1-4H3. The van der Waals surface area contributed by atoms with Crippen LogP contribution in [-0.2, 0) is 4.74 Å². The van der Waals surface area contributed by atoms with E-state index in [1.54, 1.807) is 19.2 Å². The van der Waals surface area contributed by atoms with Crippen molar-refractivity contribution in [1.82, 2.24) is 5.32 Å². The second-order valence-electron chi connectivity index (χ2n) is 4.52. The Morgan fingerprint density at radius 3 is 2.61 bits per heavy atom. The Morgan fingerprint density at radius 1 is 1.50 bits per heavy atom. The Hall–Kier alpha value is -0.160. The van der Waals surface area contributed by atoms with E-state index in [0.717, 1.165) is 0 Å². The number of halogens is 3. The molecule has 0 saturated carbocycles. The van der Waals surface area contributed by atoms with Gasteiger partial charge in [0.2, 0.25) is 0 Å². The van der Waals surface area contributed by atoms with Crippen LogP contribution in [0.5, 0.6) is 0 Å². The van der Waals surface area contributed by atoms with E-state index in [1.807, 2.05) is 20.8 Å². The lowest BCUT2D eigenvalue weighted by Crippen LogP contribution is -2.40. The summed E-state index contributed by atoms with van der Waals surface area (Å²) >= 11 is 9.13. The van der Waals surface area contributed by atoms with Gasteiger partial charge in [-0.3, -0.25) is 0 Å². The predicted molar refractivity (Wildman–Crippen MR) is 76.6 cm³/mol. The number of ether oxygens (including phenoxy) is 1. The maximum Gasteiger partial charge on any atom is 0.147 e. The Bertz CT molecular complexity index is 426. The van der Waals surface area contributed by atoms with Crippen LogP contribution < -0.4 is 5.32 Å². The molecule has 5 heteroatoms. The quantitative estimate of drug-likeness (QED) is 0.807. The van der Waals surface area contributed by atoms with Crippen molar-refractivity contribution in [2.45, 2.75) is 32.4 Å². The minimum Gasteiger partial charge on any atom is -0.374 e. The van der Waals surface area contributed by atoms with Crippen LogP contribution in [0.2, 0.25) is 5.02 Å². The molecule has 0 radical (unpaired) electrons. The van der Waals surface area contributed by atoms with Crippen LogP contribution in [-0.4, -0.2) is 19.3 Å². The van der Waals surface area contributed by atoms with Crippen LogP contribution in [0.15, 0.2) is 16.6 Å². The van der Waals surface area contributed by atoms with Gasteiger partial charge in [-0.15, -0.1) is 0 Å². The molecule has 1 N–H and O–H groups in total. The third kappa shape index (κ3) is 3.23. The average molecular weight is 339 g/mol. The van der Waals surface area contributed by atoms with Gasteiger partial charge >= 0.3 is 0 Å². The number of hydrogen-bond acceptors (Lipinski definition) is 2. The summed E-state index contributed by atoms with van der Waals surface area (Å²) in [5.74, 6) is -0.418. The number of hydrogen-bond donors (Lipinski definition) is 1. The largest absolute Gasteiger partial charge is 0.374 e. The second kappa shape index (κ2) is 6.33. The fourth-order valence-corrected chi connectivity index (χ4v) is 2.58. The molecule has 0 aromatic heterocycles. The highest BCUT2D eigenvalue weighted by Gasteiger charge is 2.32. The van der Waals surface area contributed by atoms with Gasteiger partial charge in [0.1, 0.15) is 5.82 Å². The van der Waals surface area contributed by atoms with E-state index in [1.165, 1.54) is 0 Å². The zero-order valence-corrected chi connectivity index (χ0v) is 13.3. The Kier molecular flexibility index (Phi) is 5.59. The number of likely N-dealkylation sites (N-methyl/N-ethyl adjacent to an activating group) is 1. The van der Waals surface area contributed by atoms with E-state index < -0.39 is 11.4 Å². The zero-order valence-electron chi connectivity index (χ0n) is 11.0. The highest BCUT2D eigenvalue weighted by atomic mass is 79.9. The molecule has 1 aromatic rings. The van der Waals surface area contributed by atoms with Crippen LogP contribution in [0.4, 0.5) is 4.39 Å². The molecule has 0 aliphatic carbocycles. The van der Waals surface area contributed by atoms with E-state index in [9.17, 15) is 4.39 Å². The van der Waals surface area contributed by atoms with E-state index in [4.69, 9.17) is 16.3 Å². The van der Waals surface area contributed by atoms with Gasteiger partial charge in [0.05, 0.1) is 16.7 Å². The molecule has 1 rings (SSSR count). The van der Waals surface area contributed by atoms with Gasteiger partial charge in [-0.2, -0.15) is 0 Å². The number of nitrogens with one attached hydrogen (secondary N) is 1. The van der Waals surface area contributed by atoms with Crippen molar-refractivity contribution < 1.29 is 9.13 Å². The molecule has 0 saturated heterocycles. The summed E-state index contributed by atoms with van der Waals surface area (Å²) in [7, 11) is 1.78. The van der Waals surface area contributed by atoms with Crippen LogP contribution in [0.25, 0.3) is 0 Å². The highest BCUT2D eigenvalue weighted by Crippen LogP contribution is 2.35. The van der Waals surface area contributed by atoms with Crippen LogP contribution in [0.3, 0.4) is 0 Å². The average Bonchev–Trinajstić information content (AvgIpc) is 2.29. The minimum absolute atomic E-state index is 0.0973. The topological polar surface area (TPSA) is 21.3 Å². The first-order chi connectivity index (χ1) is 8.35. The zero-order chi connectivity index (χ0) is 13.9. The molecule has 0 spiro atoms. The summed E-state index contributed by atoms with van der Waals surface area (Å²) in [5, 5.41) is 3.19. The Balaban J connectivity index is 3.22. The van der Waals surface area contributed by atoms with Crippen molar-refractivity contribution in [3.05, 3.63) is 33.0 Å². The molecule has 102 valence electrons. The highest BCUT2D eigenvalue weighted by molar-refractivity contribution is 9.10. The summed E-state index contributed by atoms with van der Waals surface area (Å²) in [6, 6.07) is 3.18. The van der Waals surface area contributed by atoms with Gasteiger partial charge in [-0.1, -0.05) is 17.7 Å². The normalized spacial score (nSPS) is 13.7. The maximum atomic E-state index is 14.2. The number of benzene rings is 1. The lowest BCUT2D eigenvalue weighted by atomic mass is 9.91. The van der Waals surface area contributed by atoms with E-state index >= 15 is 0 Å². The molecule has 0 amide bonds. The van der Waals surface area contributed by atoms with E-state index in [-0.39, 0.29) is 11.1 Å². The van der Waals surface area contributed by atoms with E-state index in [0.29, 0.717) is 16.6 Å². The molecule has 2 nitrogen and oxygen atoms in total. The molecule has 1 aromatic carbocycles. The monoisotopic (exact) mass is 337 g/mol. The molecular formula is C13H18BrClFNO. The molecule has 1 unspecified atom stereocenters. The van der Waals surface area contributed by atoms with E-state index in [2.05, 4.69) is 21.2 Å². The van der Waals surface area contributed by atoms with Gasteiger partial charge in [-0.05, 0) is 49.8 Å². The van der Waals surface area contributed by atoms with Crippen molar-refractivity contribution in [2.75, 3.05) is 13.7 Å². The molecule has 0 bridgehead atoms. The lowest BCUT2D eigenvalue weighted by Gasteiger charge is -2.34. The summed E-state index contributed by atoms with van der Waals surface area (Å²) in [5.41, 5.74) is -0.0224. The molecule has 0 aliphatic rings. The second-order valence-corrected chi connectivity index (χ2v) is 5.76. The molecule has 0 aliphatic heterocycles. The molecule has 1 atom stereocenters. The molecule has 18 heavy (non-hydrogen) atoms. The first-order valence-corrected chi connectivity index (χ1v) is 6.96. The summed E-state index contributed by atoms with van der Waals surface area (Å²) < 4.78 is 20.4. The maximum absolute atomic E-state index is 14.2. The first kappa shape index (κ1) is 15.9. The van der Waals surface area contributed by atoms with Crippen molar-refractivity contribution in [1.29, 1.82) is 0 Å². The Morgan fingerprint density at radius 2 is 2.11 bits per heavy atom. The minimum atomic E-state index is -0.526. The first-order valence-electron chi connectivity index (χ1n) is 5.79. The van der Waals surface area contributed by atoms with Gasteiger partial charge in [0.15, 0.2) is 0 Å². The fraction of sp³-hybridized carbons (Fsp3) is 0.538. The predicted octanol–water partition coefficient (Wildman–Crippen LogP) is 4.32. The van der Waals surface area contributed by atoms with Crippen LogP contribution >= 0.6 is 27.5 Å². The van der Waals surface area contributed by atoms with Gasteiger partial charge in [0, 0.05) is 16.6 Å². The lowest BCUT2D eigenvalue weighted by molar-refractivity contribution is -0.0382. The van der Waals surface area contributed by atoms with Gasteiger partial charge in [-0.25, -0.2) is 4.39 Å². The third-order valence-electron chi connectivity index (χ3n) is 2.88. The van der Waals surface area contributed by atoms with Crippen molar-refractivity contribution >= 4 is 27.5 Å². The molecule has 0 fully saturated rings. The molecular weight excluding hydrogens is 321 g/mol. The van der Waals surface area contributed by atoms with Crippen molar-refractivity contribution in [3.8, 4) is 0 Å². The SMILES string of the molecule is CCOC(C)(C)C(NC)c1ccc(Br)c(Cl)c1F. The van der Waals surface area contributed by atoms with Crippen LogP contribution in [0, 0.1) is 5.82 Å². The van der Waals surface area contributed by atoms with Gasteiger partial charge in [0.25, 0.3) is 0 Å². The molecule has 0 heterocycles. The van der Waals surface area contributed by atoms with Crippen LogP contribution in [0.1, 0.15) is 32.4 Å².